The fourth-order valence-corrected chi connectivity index (χ4v) is 2.58. The third-order valence-electron chi connectivity index (χ3n) is 3.96. The second-order valence-corrected chi connectivity index (χ2v) is 5.83. The van der Waals surface area contributed by atoms with Crippen LogP contribution in [0.4, 0.5) is 0 Å². The summed E-state index contributed by atoms with van der Waals surface area (Å²) in [7, 11) is 0. The molecule has 0 bridgehead atoms. The van der Waals surface area contributed by atoms with Gasteiger partial charge in [-0.2, -0.15) is 0 Å². The van der Waals surface area contributed by atoms with E-state index in [9.17, 15) is 14.7 Å². The lowest BCUT2D eigenvalue weighted by molar-refractivity contribution is -0.141. The van der Waals surface area contributed by atoms with Crippen molar-refractivity contribution in [2.45, 2.75) is 20.8 Å². The third-order valence-corrected chi connectivity index (χ3v) is 3.96. The zero-order valence-electron chi connectivity index (χ0n) is 12.9. The molecule has 1 saturated carbocycles. The van der Waals surface area contributed by atoms with E-state index in [0.29, 0.717) is 5.75 Å². The van der Waals surface area contributed by atoms with Crippen molar-refractivity contribution in [2.75, 3.05) is 6.61 Å². The summed E-state index contributed by atoms with van der Waals surface area (Å²) in [5, 5.41) is 9.22. The molecule has 5 heteroatoms. The average Bonchev–Trinajstić information content (AvgIpc) is 3.01. The van der Waals surface area contributed by atoms with E-state index in [-0.39, 0.29) is 18.3 Å². The Morgan fingerprint density at radius 2 is 1.91 bits per heavy atom. The Hall–Kier alpha value is -2.30. The summed E-state index contributed by atoms with van der Waals surface area (Å²) in [5.41, 5.74) is -0.399. The number of allylic oxidation sites excluding steroid dienone is 1. The second-order valence-electron chi connectivity index (χ2n) is 5.83. The van der Waals surface area contributed by atoms with Gasteiger partial charge in [-0.05, 0) is 30.5 Å². The summed E-state index contributed by atoms with van der Waals surface area (Å²) in [6, 6.07) is 8.86. The zero-order valence-corrected chi connectivity index (χ0v) is 12.9. The summed E-state index contributed by atoms with van der Waals surface area (Å²) in [4.78, 5) is 23.3. The van der Waals surface area contributed by atoms with E-state index in [1.54, 1.807) is 37.3 Å². The molecule has 5 nitrogen and oxygen atoms in total. The number of esters is 1. The minimum Gasteiger partial charge on any atom is -0.481 e. The van der Waals surface area contributed by atoms with Crippen LogP contribution in [0.5, 0.6) is 5.75 Å². The maximum absolute atomic E-state index is 12.0. The molecule has 118 valence electrons. The van der Waals surface area contributed by atoms with E-state index < -0.39 is 23.3 Å². The number of hydrogen-bond acceptors (Lipinski definition) is 4. The number of carbonyl (C=O) groups is 2. The number of carboxylic acids is 1. The molecule has 2 unspecified atom stereocenters. The van der Waals surface area contributed by atoms with Gasteiger partial charge in [-0.15, -0.1) is 0 Å². The molecule has 0 radical (unpaired) electrons. The van der Waals surface area contributed by atoms with Gasteiger partial charge < -0.3 is 14.6 Å². The second kappa shape index (κ2) is 6.22. The van der Waals surface area contributed by atoms with E-state index in [1.807, 2.05) is 19.9 Å². The average molecular weight is 304 g/mol. The molecular weight excluding hydrogens is 284 g/mol. The van der Waals surface area contributed by atoms with Crippen LogP contribution in [0.25, 0.3) is 0 Å². The van der Waals surface area contributed by atoms with Crippen molar-refractivity contribution in [2.24, 2.45) is 17.3 Å². The summed E-state index contributed by atoms with van der Waals surface area (Å²) >= 11 is 0. The summed E-state index contributed by atoms with van der Waals surface area (Å²) in [5.74, 6) is -1.68. The molecule has 22 heavy (non-hydrogen) atoms. The van der Waals surface area contributed by atoms with Crippen LogP contribution in [0, 0.1) is 17.3 Å². The van der Waals surface area contributed by atoms with Crippen molar-refractivity contribution < 1.29 is 24.2 Å². The Morgan fingerprint density at radius 3 is 2.41 bits per heavy atom. The minimum absolute atomic E-state index is 0.0369. The molecule has 2 rings (SSSR count). The fraction of sp³-hybridized carbons (Fsp3) is 0.412. The first-order valence-corrected chi connectivity index (χ1v) is 7.22. The van der Waals surface area contributed by atoms with Gasteiger partial charge in [-0.3, -0.25) is 4.79 Å². The maximum Gasteiger partial charge on any atom is 0.373 e. The van der Waals surface area contributed by atoms with Gasteiger partial charge in [0.05, 0.1) is 12.5 Å². The van der Waals surface area contributed by atoms with Gasteiger partial charge >= 0.3 is 11.9 Å². The Balaban J connectivity index is 2.24. The largest absolute Gasteiger partial charge is 0.481 e. The Kier molecular flexibility index (Phi) is 4.54. The van der Waals surface area contributed by atoms with E-state index in [4.69, 9.17) is 9.47 Å². The highest BCUT2D eigenvalue weighted by Crippen LogP contribution is 2.59. The normalized spacial score (nSPS) is 22.8. The molecule has 0 heterocycles. The number of hydrogen-bond donors (Lipinski definition) is 1. The number of carboxylic acid groups (broad SMARTS) is 1. The molecule has 1 aliphatic carbocycles. The summed E-state index contributed by atoms with van der Waals surface area (Å²) in [6.07, 6.45) is 1.57. The molecular formula is C17H20O5. The van der Waals surface area contributed by atoms with Crippen molar-refractivity contribution in [3.05, 3.63) is 42.2 Å². The smallest absolute Gasteiger partial charge is 0.373 e. The number of para-hydroxylation sites is 1. The van der Waals surface area contributed by atoms with Gasteiger partial charge in [0.2, 0.25) is 5.76 Å². The first kappa shape index (κ1) is 16.1. The van der Waals surface area contributed by atoms with Crippen LogP contribution in [-0.4, -0.2) is 23.7 Å². The van der Waals surface area contributed by atoms with Crippen molar-refractivity contribution in [1.82, 2.24) is 0 Å². The van der Waals surface area contributed by atoms with Crippen LogP contribution in [0.2, 0.25) is 0 Å². The number of benzene rings is 1. The van der Waals surface area contributed by atoms with Gasteiger partial charge in [0.25, 0.3) is 0 Å². The quantitative estimate of drug-likeness (QED) is 0.497. The standard InChI is InChI=1S/C17H20O5/c1-4-21-16(20)13(22-11-8-6-5-7-9-11)10-12-14(15(18)19)17(12,2)3/h5-10,12,14H,4H2,1-3H3,(H,18,19). The highest BCUT2D eigenvalue weighted by molar-refractivity contribution is 5.87. The minimum atomic E-state index is -0.867. The number of ether oxygens (including phenoxy) is 2. The van der Waals surface area contributed by atoms with Crippen LogP contribution in [0.15, 0.2) is 42.2 Å². The van der Waals surface area contributed by atoms with Crippen molar-refractivity contribution in [3.63, 3.8) is 0 Å². The van der Waals surface area contributed by atoms with Crippen LogP contribution in [0.3, 0.4) is 0 Å². The summed E-state index contributed by atoms with van der Waals surface area (Å²) in [6.45, 7) is 5.65. The Morgan fingerprint density at radius 1 is 1.27 bits per heavy atom. The SMILES string of the molecule is CCOC(=O)C(=CC1C(C(=O)O)C1(C)C)Oc1ccccc1. The molecule has 0 aromatic heterocycles. The molecule has 1 N–H and O–H groups in total. The molecule has 0 aliphatic heterocycles. The molecule has 0 amide bonds. The molecule has 0 spiro atoms. The van der Waals surface area contributed by atoms with Gasteiger partial charge in [0.1, 0.15) is 5.75 Å². The number of aliphatic carboxylic acids is 1. The lowest BCUT2D eigenvalue weighted by atomic mass is 10.1. The Labute approximate surface area is 129 Å². The first-order valence-electron chi connectivity index (χ1n) is 7.22. The van der Waals surface area contributed by atoms with Crippen LogP contribution >= 0.6 is 0 Å². The molecule has 1 fully saturated rings. The van der Waals surface area contributed by atoms with Gasteiger partial charge in [-0.25, -0.2) is 4.79 Å². The summed E-state index contributed by atoms with van der Waals surface area (Å²) < 4.78 is 10.6. The van der Waals surface area contributed by atoms with E-state index >= 15 is 0 Å². The lowest BCUT2D eigenvalue weighted by Gasteiger charge is -2.09. The van der Waals surface area contributed by atoms with E-state index in [0.717, 1.165) is 0 Å². The number of carbonyl (C=O) groups excluding carboxylic acids is 1. The zero-order chi connectivity index (χ0) is 16.3. The van der Waals surface area contributed by atoms with Crippen LogP contribution in [-0.2, 0) is 14.3 Å². The van der Waals surface area contributed by atoms with Crippen LogP contribution in [0.1, 0.15) is 20.8 Å². The lowest BCUT2D eigenvalue weighted by Crippen LogP contribution is -2.13. The first-order chi connectivity index (χ1) is 10.4. The molecule has 1 aromatic rings. The molecule has 0 saturated heterocycles. The van der Waals surface area contributed by atoms with E-state index in [1.165, 1.54) is 0 Å². The maximum atomic E-state index is 12.0. The van der Waals surface area contributed by atoms with E-state index in [2.05, 4.69) is 0 Å². The molecule has 2 atom stereocenters. The Bertz CT molecular complexity index is 588. The van der Waals surface area contributed by atoms with Gasteiger partial charge in [0.15, 0.2) is 0 Å². The van der Waals surface area contributed by atoms with Gasteiger partial charge in [-0.1, -0.05) is 32.0 Å². The number of rotatable bonds is 6. The van der Waals surface area contributed by atoms with Crippen LogP contribution < -0.4 is 4.74 Å². The third kappa shape index (κ3) is 3.30. The monoisotopic (exact) mass is 304 g/mol. The topological polar surface area (TPSA) is 72.8 Å². The fourth-order valence-electron chi connectivity index (χ4n) is 2.58. The highest BCUT2D eigenvalue weighted by atomic mass is 16.6. The van der Waals surface area contributed by atoms with Crippen molar-refractivity contribution >= 4 is 11.9 Å². The predicted octanol–water partition coefficient (Wildman–Crippen LogP) is 2.87. The van der Waals surface area contributed by atoms with Crippen molar-refractivity contribution in [1.29, 1.82) is 0 Å². The van der Waals surface area contributed by atoms with Crippen molar-refractivity contribution in [3.8, 4) is 5.75 Å². The highest BCUT2D eigenvalue weighted by Gasteiger charge is 2.61. The predicted molar refractivity (Wildman–Crippen MR) is 80.2 cm³/mol. The molecule has 1 aliphatic rings. The van der Waals surface area contributed by atoms with Gasteiger partial charge in [0, 0.05) is 5.92 Å². The molecule has 1 aromatic carbocycles.